The summed E-state index contributed by atoms with van der Waals surface area (Å²) in [6.07, 6.45) is -4.54. The Morgan fingerprint density at radius 3 is 2.32 bits per heavy atom. The van der Waals surface area contributed by atoms with Crippen LogP contribution in [0.5, 0.6) is 0 Å². The minimum absolute atomic E-state index is 0.00107. The molecule has 2 aromatic carbocycles. The second kappa shape index (κ2) is 4.69. The van der Waals surface area contributed by atoms with Gasteiger partial charge in [0.2, 0.25) is 0 Å². The van der Waals surface area contributed by atoms with Gasteiger partial charge >= 0.3 is 6.18 Å². The molecule has 0 saturated carbocycles. The first-order valence-corrected chi connectivity index (χ1v) is 6.07. The average Bonchev–Trinajstić information content (AvgIpc) is 2.55. The van der Waals surface area contributed by atoms with Gasteiger partial charge < -0.3 is 11.1 Å². The van der Waals surface area contributed by atoms with Gasteiger partial charge in [-0.1, -0.05) is 0 Å². The van der Waals surface area contributed by atoms with Gasteiger partial charge in [0, 0.05) is 23.4 Å². The van der Waals surface area contributed by atoms with Gasteiger partial charge in [0.1, 0.15) is 5.84 Å². The SMILES string of the molecule is NC1=Nc2cc(F)c(F)cc2Nc2ccc(C(F)(F)F)cc21. The summed E-state index contributed by atoms with van der Waals surface area (Å²) in [6, 6.07) is 4.55. The van der Waals surface area contributed by atoms with Gasteiger partial charge in [-0.05, 0) is 18.2 Å². The Balaban J connectivity index is 2.18. The smallest absolute Gasteiger partial charge is 0.383 e. The molecule has 3 N–H and O–H groups in total. The molecule has 0 bridgehead atoms. The van der Waals surface area contributed by atoms with Crippen molar-refractivity contribution in [2.45, 2.75) is 6.18 Å². The van der Waals surface area contributed by atoms with Crippen molar-refractivity contribution in [1.29, 1.82) is 0 Å². The highest BCUT2D eigenvalue weighted by Crippen LogP contribution is 2.37. The maximum atomic E-state index is 13.3. The molecule has 114 valence electrons. The van der Waals surface area contributed by atoms with Crippen molar-refractivity contribution in [3.63, 3.8) is 0 Å². The molecule has 0 fully saturated rings. The zero-order valence-electron chi connectivity index (χ0n) is 10.8. The maximum absolute atomic E-state index is 13.3. The van der Waals surface area contributed by atoms with Crippen LogP contribution in [-0.2, 0) is 6.18 Å². The number of fused-ring (bicyclic) bond motifs is 2. The van der Waals surface area contributed by atoms with Crippen LogP contribution in [0, 0.1) is 11.6 Å². The van der Waals surface area contributed by atoms with Crippen LogP contribution in [0.1, 0.15) is 11.1 Å². The Morgan fingerprint density at radius 2 is 1.64 bits per heavy atom. The van der Waals surface area contributed by atoms with E-state index >= 15 is 0 Å². The molecule has 0 aromatic heterocycles. The minimum Gasteiger partial charge on any atom is -0.383 e. The number of nitrogens with one attached hydrogen (secondary N) is 1. The summed E-state index contributed by atoms with van der Waals surface area (Å²) in [6.45, 7) is 0. The fourth-order valence-corrected chi connectivity index (χ4v) is 2.11. The Kier molecular flexibility index (Phi) is 3.05. The lowest BCUT2D eigenvalue weighted by molar-refractivity contribution is -0.137. The Labute approximate surface area is 121 Å². The number of amidine groups is 1. The summed E-state index contributed by atoms with van der Waals surface area (Å²) in [4.78, 5) is 3.86. The molecule has 2 aromatic rings. The van der Waals surface area contributed by atoms with Crippen LogP contribution < -0.4 is 11.1 Å². The number of alkyl halides is 3. The van der Waals surface area contributed by atoms with Crippen molar-refractivity contribution in [3.8, 4) is 0 Å². The van der Waals surface area contributed by atoms with Crippen LogP contribution in [0.15, 0.2) is 35.3 Å². The van der Waals surface area contributed by atoms with Crippen molar-refractivity contribution < 1.29 is 22.0 Å². The van der Waals surface area contributed by atoms with Gasteiger partial charge in [-0.15, -0.1) is 0 Å². The standard InChI is InChI=1S/C14H8F5N3/c15-8-4-11-12(5-9(8)16)22-13(20)7-3-6(14(17,18)19)1-2-10(7)21-11/h1-5,21H,(H2,20,22). The molecule has 1 heterocycles. The first-order valence-electron chi connectivity index (χ1n) is 6.07. The quantitative estimate of drug-likeness (QED) is 0.720. The third-order valence-electron chi connectivity index (χ3n) is 3.17. The van der Waals surface area contributed by atoms with Crippen molar-refractivity contribution >= 4 is 22.9 Å². The molecule has 0 radical (unpaired) electrons. The van der Waals surface area contributed by atoms with E-state index in [2.05, 4.69) is 10.3 Å². The van der Waals surface area contributed by atoms with Crippen molar-refractivity contribution in [1.82, 2.24) is 0 Å². The van der Waals surface area contributed by atoms with E-state index in [0.717, 1.165) is 30.3 Å². The molecule has 1 aliphatic rings. The summed E-state index contributed by atoms with van der Waals surface area (Å²) in [7, 11) is 0. The molecule has 22 heavy (non-hydrogen) atoms. The molecule has 8 heteroatoms. The second-order valence-corrected chi connectivity index (χ2v) is 4.66. The summed E-state index contributed by atoms with van der Waals surface area (Å²) in [5.41, 5.74) is 5.13. The fourth-order valence-electron chi connectivity index (χ4n) is 2.11. The minimum atomic E-state index is -4.54. The van der Waals surface area contributed by atoms with Crippen LogP contribution in [0.4, 0.5) is 39.0 Å². The number of rotatable bonds is 0. The first kappa shape index (κ1) is 14.3. The lowest BCUT2D eigenvalue weighted by Gasteiger charge is -2.12. The average molecular weight is 313 g/mol. The zero-order valence-corrected chi connectivity index (χ0v) is 10.8. The number of nitrogens with two attached hydrogens (primary N) is 1. The van der Waals surface area contributed by atoms with E-state index in [1.807, 2.05) is 0 Å². The Morgan fingerprint density at radius 1 is 0.955 bits per heavy atom. The van der Waals surface area contributed by atoms with E-state index in [0.29, 0.717) is 0 Å². The maximum Gasteiger partial charge on any atom is 0.416 e. The lowest BCUT2D eigenvalue weighted by atomic mass is 10.1. The molecule has 0 atom stereocenters. The number of nitrogens with zero attached hydrogens (tertiary/aromatic N) is 1. The molecule has 0 saturated heterocycles. The number of benzene rings is 2. The summed E-state index contributed by atoms with van der Waals surface area (Å²) >= 11 is 0. The molecular formula is C14H8F5N3. The molecule has 3 rings (SSSR count). The van der Waals surface area contributed by atoms with Crippen LogP contribution in [0.2, 0.25) is 0 Å². The highest BCUT2D eigenvalue weighted by molar-refractivity contribution is 6.06. The highest BCUT2D eigenvalue weighted by atomic mass is 19.4. The fraction of sp³-hybridized carbons (Fsp3) is 0.0714. The number of aliphatic imine (C=N–C) groups is 1. The van der Waals surface area contributed by atoms with E-state index in [-0.39, 0.29) is 28.5 Å². The molecule has 0 unspecified atom stereocenters. The summed E-state index contributed by atoms with van der Waals surface area (Å²) in [5, 5.41) is 2.71. The van der Waals surface area contributed by atoms with E-state index in [4.69, 9.17) is 5.73 Å². The number of anilines is 2. The van der Waals surface area contributed by atoms with E-state index in [9.17, 15) is 22.0 Å². The Bertz CT molecular complexity index is 796. The lowest BCUT2D eigenvalue weighted by Crippen LogP contribution is -2.15. The van der Waals surface area contributed by atoms with Crippen molar-refractivity contribution in [3.05, 3.63) is 53.1 Å². The molecular weight excluding hydrogens is 305 g/mol. The monoisotopic (exact) mass is 313 g/mol. The normalized spacial score (nSPS) is 13.6. The topological polar surface area (TPSA) is 50.4 Å². The van der Waals surface area contributed by atoms with Crippen LogP contribution in [0.25, 0.3) is 0 Å². The summed E-state index contributed by atoms with van der Waals surface area (Å²) in [5.74, 6) is -2.45. The number of hydrogen-bond acceptors (Lipinski definition) is 3. The molecule has 0 aliphatic carbocycles. The molecule has 3 nitrogen and oxygen atoms in total. The van der Waals surface area contributed by atoms with Crippen molar-refractivity contribution in [2.75, 3.05) is 5.32 Å². The molecule has 0 amide bonds. The molecule has 1 aliphatic heterocycles. The number of halogens is 5. The van der Waals surface area contributed by atoms with Crippen LogP contribution in [-0.4, -0.2) is 5.84 Å². The third kappa shape index (κ3) is 2.36. The van der Waals surface area contributed by atoms with Crippen LogP contribution in [0.3, 0.4) is 0 Å². The van der Waals surface area contributed by atoms with Gasteiger partial charge in [-0.2, -0.15) is 13.2 Å². The van der Waals surface area contributed by atoms with Gasteiger partial charge in [-0.3, -0.25) is 0 Å². The van der Waals surface area contributed by atoms with Gasteiger partial charge in [0.25, 0.3) is 0 Å². The van der Waals surface area contributed by atoms with Crippen LogP contribution >= 0.6 is 0 Å². The molecule has 0 spiro atoms. The van der Waals surface area contributed by atoms with Gasteiger partial charge in [0.05, 0.1) is 16.9 Å². The largest absolute Gasteiger partial charge is 0.416 e. The van der Waals surface area contributed by atoms with Gasteiger partial charge in [0.15, 0.2) is 11.6 Å². The predicted molar refractivity (Wildman–Crippen MR) is 71.5 cm³/mol. The first-order chi connectivity index (χ1) is 10.3. The second-order valence-electron chi connectivity index (χ2n) is 4.66. The highest BCUT2D eigenvalue weighted by Gasteiger charge is 2.31. The summed E-state index contributed by atoms with van der Waals surface area (Å²) < 4.78 is 64.8. The zero-order chi connectivity index (χ0) is 16.1. The third-order valence-corrected chi connectivity index (χ3v) is 3.17. The van der Waals surface area contributed by atoms with E-state index in [1.54, 1.807) is 0 Å². The predicted octanol–water partition coefficient (Wildman–Crippen LogP) is 4.08. The van der Waals surface area contributed by atoms with E-state index in [1.165, 1.54) is 0 Å². The van der Waals surface area contributed by atoms with Gasteiger partial charge in [-0.25, -0.2) is 13.8 Å². The number of hydrogen-bond donors (Lipinski definition) is 2. The van der Waals surface area contributed by atoms with E-state index < -0.39 is 23.4 Å². The Hall–Kier alpha value is -2.64. The van der Waals surface area contributed by atoms with Crippen molar-refractivity contribution in [2.24, 2.45) is 10.7 Å².